The molecular weight excluding hydrogens is 174 g/mol. The topological polar surface area (TPSA) is 30.2 Å². The van der Waals surface area contributed by atoms with E-state index in [1.807, 2.05) is 17.5 Å². The van der Waals surface area contributed by atoms with Crippen LogP contribution in [0, 0.1) is 6.92 Å². The molecule has 0 bridgehead atoms. The lowest BCUT2D eigenvalue weighted by molar-refractivity contribution is 0.545. The fourth-order valence-electron chi connectivity index (χ4n) is 1.57. The maximum atomic E-state index is 4.41. The smallest absolute Gasteiger partial charge is 0.155 e. The molecule has 0 unspecified atom stereocenters. The van der Waals surface area contributed by atoms with E-state index in [2.05, 4.69) is 36.9 Å². The van der Waals surface area contributed by atoms with Crippen molar-refractivity contribution in [1.82, 2.24) is 14.6 Å². The highest BCUT2D eigenvalue weighted by atomic mass is 15.3. The number of hydrogen-bond donors (Lipinski definition) is 0. The lowest BCUT2D eigenvalue weighted by Gasteiger charge is -2.20. The van der Waals surface area contributed by atoms with Crippen LogP contribution in [0.1, 0.15) is 32.2 Å². The normalized spacial score (nSPS) is 12.3. The minimum Gasteiger partial charge on any atom is -0.234 e. The molecule has 0 radical (unpaired) electrons. The zero-order valence-electron chi connectivity index (χ0n) is 9.07. The van der Waals surface area contributed by atoms with Gasteiger partial charge in [0, 0.05) is 17.2 Å². The van der Waals surface area contributed by atoms with E-state index in [-0.39, 0.29) is 5.41 Å². The summed E-state index contributed by atoms with van der Waals surface area (Å²) in [6, 6.07) is 4.03. The van der Waals surface area contributed by atoms with Crippen molar-refractivity contribution in [2.45, 2.75) is 33.1 Å². The average Bonchev–Trinajstić information content (AvgIpc) is 2.47. The number of aromatic nitrogens is 3. The second-order valence-electron chi connectivity index (χ2n) is 4.63. The van der Waals surface area contributed by atoms with Crippen LogP contribution in [0.25, 0.3) is 5.65 Å². The highest BCUT2D eigenvalue weighted by molar-refractivity contribution is 5.40. The van der Waals surface area contributed by atoms with Crippen LogP contribution in [0.4, 0.5) is 0 Å². The Balaban J connectivity index is 2.80. The Labute approximate surface area is 83.8 Å². The third-order valence-electron chi connectivity index (χ3n) is 2.26. The molecule has 2 aromatic heterocycles. The molecule has 2 heterocycles. The van der Waals surface area contributed by atoms with Crippen molar-refractivity contribution in [1.29, 1.82) is 0 Å². The summed E-state index contributed by atoms with van der Waals surface area (Å²) in [6.45, 7) is 8.57. The SMILES string of the molecule is Cc1cc(C(C)(C)C)n2nccc2n1. The lowest BCUT2D eigenvalue weighted by atomic mass is 9.91. The molecular formula is C11H15N3. The van der Waals surface area contributed by atoms with E-state index in [1.54, 1.807) is 6.20 Å². The molecule has 0 atom stereocenters. The van der Waals surface area contributed by atoms with Gasteiger partial charge in [0.15, 0.2) is 5.65 Å². The number of aryl methyl sites for hydroxylation is 1. The first kappa shape index (κ1) is 9.19. The molecule has 0 fully saturated rings. The predicted molar refractivity (Wildman–Crippen MR) is 56.4 cm³/mol. The predicted octanol–water partition coefficient (Wildman–Crippen LogP) is 2.34. The summed E-state index contributed by atoms with van der Waals surface area (Å²) < 4.78 is 1.91. The van der Waals surface area contributed by atoms with E-state index < -0.39 is 0 Å². The summed E-state index contributed by atoms with van der Waals surface area (Å²) in [5.41, 5.74) is 3.26. The Bertz CT molecular complexity index is 463. The van der Waals surface area contributed by atoms with Crippen molar-refractivity contribution < 1.29 is 0 Å². The Morgan fingerprint density at radius 2 is 2.00 bits per heavy atom. The van der Waals surface area contributed by atoms with Gasteiger partial charge in [-0.25, -0.2) is 9.50 Å². The Hall–Kier alpha value is -1.38. The van der Waals surface area contributed by atoms with Crippen LogP contribution in [-0.2, 0) is 5.41 Å². The Morgan fingerprint density at radius 3 is 2.64 bits per heavy atom. The first-order chi connectivity index (χ1) is 6.48. The zero-order valence-corrected chi connectivity index (χ0v) is 9.07. The second kappa shape index (κ2) is 2.80. The maximum absolute atomic E-state index is 4.41. The van der Waals surface area contributed by atoms with Crippen LogP contribution < -0.4 is 0 Å². The number of rotatable bonds is 0. The van der Waals surface area contributed by atoms with Gasteiger partial charge in [0.1, 0.15) is 0 Å². The number of fused-ring (bicyclic) bond motifs is 1. The molecule has 2 aromatic rings. The van der Waals surface area contributed by atoms with Crippen molar-refractivity contribution in [3.63, 3.8) is 0 Å². The van der Waals surface area contributed by atoms with Gasteiger partial charge in [-0.2, -0.15) is 5.10 Å². The van der Waals surface area contributed by atoms with E-state index in [0.29, 0.717) is 0 Å². The van der Waals surface area contributed by atoms with Crippen LogP contribution >= 0.6 is 0 Å². The summed E-state index contributed by atoms with van der Waals surface area (Å²) in [5, 5.41) is 4.28. The Morgan fingerprint density at radius 1 is 1.29 bits per heavy atom. The molecule has 2 rings (SSSR count). The van der Waals surface area contributed by atoms with Crippen molar-refractivity contribution in [2.24, 2.45) is 0 Å². The van der Waals surface area contributed by atoms with E-state index >= 15 is 0 Å². The molecule has 0 aromatic carbocycles. The fraction of sp³-hybridized carbons (Fsp3) is 0.455. The standard InChI is InChI=1S/C11H15N3/c1-8-7-9(11(2,3)4)14-10(13-8)5-6-12-14/h5-7H,1-4H3. The summed E-state index contributed by atoms with van der Waals surface area (Å²) in [6.07, 6.45) is 1.79. The molecule has 0 aliphatic heterocycles. The quantitative estimate of drug-likeness (QED) is 0.636. The molecule has 14 heavy (non-hydrogen) atoms. The molecule has 0 aliphatic rings. The molecule has 0 spiro atoms. The first-order valence-electron chi connectivity index (χ1n) is 4.80. The van der Waals surface area contributed by atoms with Gasteiger partial charge < -0.3 is 0 Å². The molecule has 3 heteroatoms. The number of hydrogen-bond acceptors (Lipinski definition) is 2. The second-order valence-corrected chi connectivity index (χ2v) is 4.63. The summed E-state index contributed by atoms with van der Waals surface area (Å²) in [7, 11) is 0. The van der Waals surface area contributed by atoms with Crippen LogP contribution in [0.2, 0.25) is 0 Å². The van der Waals surface area contributed by atoms with Gasteiger partial charge >= 0.3 is 0 Å². The number of nitrogens with zero attached hydrogens (tertiary/aromatic N) is 3. The molecule has 3 nitrogen and oxygen atoms in total. The van der Waals surface area contributed by atoms with Crippen LogP contribution in [0.15, 0.2) is 18.3 Å². The van der Waals surface area contributed by atoms with Crippen molar-refractivity contribution in [3.8, 4) is 0 Å². The van der Waals surface area contributed by atoms with Gasteiger partial charge in [-0.3, -0.25) is 0 Å². The highest BCUT2D eigenvalue weighted by Crippen LogP contribution is 2.22. The van der Waals surface area contributed by atoms with Gasteiger partial charge in [0.2, 0.25) is 0 Å². The first-order valence-corrected chi connectivity index (χ1v) is 4.80. The molecule has 74 valence electrons. The van der Waals surface area contributed by atoms with Crippen LogP contribution in [0.5, 0.6) is 0 Å². The summed E-state index contributed by atoms with van der Waals surface area (Å²) in [4.78, 5) is 4.41. The van der Waals surface area contributed by atoms with Crippen molar-refractivity contribution in [2.75, 3.05) is 0 Å². The Kier molecular flexibility index (Phi) is 1.84. The van der Waals surface area contributed by atoms with E-state index in [9.17, 15) is 0 Å². The lowest BCUT2D eigenvalue weighted by Crippen LogP contribution is -2.17. The van der Waals surface area contributed by atoms with Gasteiger partial charge in [-0.15, -0.1) is 0 Å². The summed E-state index contributed by atoms with van der Waals surface area (Å²) >= 11 is 0. The maximum Gasteiger partial charge on any atom is 0.155 e. The van der Waals surface area contributed by atoms with Gasteiger partial charge in [0.05, 0.1) is 11.9 Å². The van der Waals surface area contributed by atoms with Crippen molar-refractivity contribution in [3.05, 3.63) is 29.7 Å². The van der Waals surface area contributed by atoms with E-state index in [1.165, 1.54) is 5.69 Å². The summed E-state index contributed by atoms with van der Waals surface area (Å²) in [5.74, 6) is 0. The molecule has 0 aliphatic carbocycles. The fourth-order valence-corrected chi connectivity index (χ4v) is 1.57. The largest absolute Gasteiger partial charge is 0.234 e. The van der Waals surface area contributed by atoms with Gasteiger partial charge in [-0.1, -0.05) is 20.8 Å². The zero-order chi connectivity index (χ0) is 10.3. The van der Waals surface area contributed by atoms with Gasteiger partial charge in [-0.05, 0) is 13.0 Å². The molecule has 0 saturated heterocycles. The third-order valence-corrected chi connectivity index (χ3v) is 2.26. The molecule has 0 amide bonds. The third kappa shape index (κ3) is 1.39. The highest BCUT2D eigenvalue weighted by Gasteiger charge is 2.18. The van der Waals surface area contributed by atoms with Crippen molar-refractivity contribution >= 4 is 5.65 Å². The minimum absolute atomic E-state index is 0.0952. The minimum atomic E-state index is 0.0952. The molecule has 0 N–H and O–H groups in total. The molecule has 0 saturated carbocycles. The van der Waals surface area contributed by atoms with Gasteiger partial charge in [0.25, 0.3) is 0 Å². The van der Waals surface area contributed by atoms with Crippen LogP contribution in [-0.4, -0.2) is 14.6 Å². The van der Waals surface area contributed by atoms with Crippen LogP contribution in [0.3, 0.4) is 0 Å². The van der Waals surface area contributed by atoms with E-state index in [4.69, 9.17) is 0 Å². The van der Waals surface area contributed by atoms with E-state index in [0.717, 1.165) is 11.3 Å². The average molecular weight is 189 g/mol. The monoisotopic (exact) mass is 189 g/mol.